The number of hydrogen-bond donors (Lipinski definition) is 2. The number of pyridine rings is 1. The Bertz CT molecular complexity index is 841. The third-order valence-corrected chi connectivity index (χ3v) is 5.86. The molecule has 1 aliphatic rings. The maximum atomic E-state index is 12.1. The molecule has 1 aromatic carbocycles. The molecule has 0 atom stereocenters. The van der Waals surface area contributed by atoms with E-state index in [2.05, 4.69) is 48.4 Å². The van der Waals surface area contributed by atoms with Crippen molar-refractivity contribution in [3.63, 3.8) is 0 Å². The second-order valence-electron chi connectivity index (χ2n) is 6.79. The Labute approximate surface area is 183 Å². The number of nitrogens with zero attached hydrogens (tertiary/aromatic N) is 3. The molecule has 0 spiro atoms. The third kappa shape index (κ3) is 7.02. The number of rotatable bonds is 7. The van der Waals surface area contributed by atoms with Crippen LogP contribution in [0.3, 0.4) is 0 Å². The summed E-state index contributed by atoms with van der Waals surface area (Å²) in [6, 6.07) is 11.2. The molecule has 1 aliphatic heterocycles. The predicted octanol–water partition coefficient (Wildman–Crippen LogP) is 2.91. The van der Waals surface area contributed by atoms with Crippen molar-refractivity contribution in [3.8, 4) is 0 Å². The summed E-state index contributed by atoms with van der Waals surface area (Å²) >= 11 is 4.63. The van der Waals surface area contributed by atoms with Gasteiger partial charge in [0, 0.05) is 36.3 Å². The first kappa shape index (κ1) is 21.6. The van der Waals surface area contributed by atoms with E-state index in [1.165, 1.54) is 11.8 Å². The smallest absolute Gasteiger partial charge is 0.234 e. The summed E-state index contributed by atoms with van der Waals surface area (Å²) in [6.07, 6.45) is 1.68. The maximum Gasteiger partial charge on any atom is 0.234 e. The molecule has 0 bridgehead atoms. The number of nitrogens with one attached hydrogen (secondary N) is 2. The second-order valence-corrected chi connectivity index (χ2v) is 8.70. The molecule has 154 valence electrons. The largest absolute Gasteiger partial charge is 0.354 e. The van der Waals surface area contributed by atoms with Crippen molar-refractivity contribution < 1.29 is 9.59 Å². The normalized spacial score (nSPS) is 14.5. The SMILES string of the molecule is CN1CCN(c2ccc(NC(=O)CSCC(=O)Nc3cccc(Br)c3)cn2)CC1. The van der Waals surface area contributed by atoms with E-state index >= 15 is 0 Å². The fourth-order valence-electron chi connectivity index (χ4n) is 2.88. The Balaban J connectivity index is 1.38. The molecule has 9 heteroatoms. The highest BCUT2D eigenvalue weighted by Gasteiger charge is 2.15. The maximum absolute atomic E-state index is 12.1. The van der Waals surface area contributed by atoms with Crippen molar-refractivity contribution >= 4 is 56.7 Å². The lowest BCUT2D eigenvalue weighted by Crippen LogP contribution is -2.44. The number of benzene rings is 1. The molecule has 29 heavy (non-hydrogen) atoms. The molecular formula is C20H24BrN5O2S. The van der Waals surface area contributed by atoms with Crippen molar-refractivity contribution in [2.45, 2.75) is 0 Å². The van der Waals surface area contributed by atoms with E-state index in [9.17, 15) is 9.59 Å². The van der Waals surface area contributed by atoms with Gasteiger partial charge in [0.05, 0.1) is 23.4 Å². The van der Waals surface area contributed by atoms with Crippen LogP contribution in [0.1, 0.15) is 0 Å². The van der Waals surface area contributed by atoms with E-state index < -0.39 is 0 Å². The molecule has 0 saturated carbocycles. The van der Waals surface area contributed by atoms with Crippen LogP contribution in [-0.2, 0) is 9.59 Å². The number of anilines is 3. The Morgan fingerprint density at radius 2 is 1.72 bits per heavy atom. The molecule has 1 aromatic heterocycles. The minimum absolute atomic E-state index is 0.140. The highest BCUT2D eigenvalue weighted by molar-refractivity contribution is 9.10. The molecule has 0 unspecified atom stereocenters. The van der Waals surface area contributed by atoms with Crippen LogP contribution in [-0.4, -0.2) is 66.4 Å². The zero-order chi connectivity index (χ0) is 20.6. The number of hydrogen-bond acceptors (Lipinski definition) is 6. The van der Waals surface area contributed by atoms with Crippen LogP contribution >= 0.6 is 27.7 Å². The number of thioether (sulfide) groups is 1. The molecule has 7 nitrogen and oxygen atoms in total. The highest BCUT2D eigenvalue weighted by Crippen LogP contribution is 2.17. The second kappa shape index (κ2) is 10.6. The van der Waals surface area contributed by atoms with Crippen molar-refractivity contribution in [1.82, 2.24) is 9.88 Å². The molecular weight excluding hydrogens is 454 g/mol. The van der Waals surface area contributed by atoms with Gasteiger partial charge in [0.1, 0.15) is 5.82 Å². The lowest BCUT2D eigenvalue weighted by molar-refractivity contribution is -0.114. The van der Waals surface area contributed by atoms with Crippen molar-refractivity contribution in [1.29, 1.82) is 0 Å². The summed E-state index contributed by atoms with van der Waals surface area (Å²) in [4.78, 5) is 33.1. The molecule has 3 rings (SSSR count). The van der Waals surface area contributed by atoms with E-state index in [0.29, 0.717) is 5.69 Å². The monoisotopic (exact) mass is 477 g/mol. The standard InChI is InChI=1S/C20H24BrN5O2S/c1-25-7-9-26(10-8-25)18-6-5-17(12-22-18)24-20(28)14-29-13-19(27)23-16-4-2-3-15(21)11-16/h2-6,11-12H,7-10,13-14H2,1H3,(H,23,27)(H,24,28). The van der Waals surface area contributed by atoms with Crippen LogP contribution in [0.2, 0.25) is 0 Å². The summed E-state index contributed by atoms with van der Waals surface area (Å²) in [5.41, 5.74) is 1.38. The molecule has 1 saturated heterocycles. The average Bonchev–Trinajstić information content (AvgIpc) is 2.69. The van der Waals surface area contributed by atoms with Gasteiger partial charge in [-0.05, 0) is 37.4 Å². The van der Waals surface area contributed by atoms with Gasteiger partial charge in [0.15, 0.2) is 0 Å². The first-order valence-electron chi connectivity index (χ1n) is 9.32. The van der Waals surface area contributed by atoms with E-state index in [1.54, 1.807) is 6.20 Å². The molecule has 2 aromatic rings. The van der Waals surface area contributed by atoms with Gasteiger partial charge in [-0.25, -0.2) is 4.98 Å². The van der Waals surface area contributed by atoms with Crippen molar-refractivity contribution in [3.05, 3.63) is 47.1 Å². The van der Waals surface area contributed by atoms with Gasteiger partial charge in [-0.1, -0.05) is 22.0 Å². The summed E-state index contributed by atoms with van der Waals surface area (Å²) in [5.74, 6) is 1.04. The van der Waals surface area contributed by atoms with Crippen LogP contribution < -0.4 is 15.5 Å². The van der Waals surface area contributed by atoms with Gasteiger partial charge in [-0.2, -0.15) is 0 Å². The molecule has 2 heterocycles. The van der Waals surface area contributed by atoms with E-state index in [4.69, 9.17) is 0 Å². The first-order valence-corrected chi connectivity index (χ1v) is 11.3. The lowest BCUT2D eigenvalue weighted by Gasteiger charge is -2.33. The third-order valence-electron chi connectivity index (χ3n) is 4.43. The highest BCUT2D eigenvalue weighted by atomic mass is 79.9. The zero-order valence-corrected chi connectivity index (χ0v) is 18.6. The number of likely N-dealkylation sites (N-methyl/N-ethyl adjacent to an activating group) is 1. The molecule has 0 radical (unpaired) electrons. The summed E-state index contributed by atoms with van der Waals surface area (Å²) in [6.45, 7) is 3.95. The number of carbonyl (C=O) groups is 2. The summed E-state index contributed by atoms with van der Waals surface area (Å²) < 4.78 is 0.898. The number of piperazine rings is 1. The first-order chi connectivity index (χ1) is 14.0. The van der Waals surface area contributed by atoms with E-state index in [1.807, 2.05) is 36.4 Å². The van der Waals surface area contributed by atoms with Gasteiger partial charge in [-0.3, -0.25) is 9.59 Å². The fraction of sp³-hybridized carbons (Fsp3) is 0.350. The summed E-state index contributed by atoms with van der Waals surface area (Å²) in [7, 11) is 2.12. The zero-order valence-electron chi connectivity index (χ0n) is 16.2. The quantitative estimate of drug-likeness (QED) is 0.638. The molecule has 2 N–H and O–H groups in total. The number of carbonyl (C=O) groups excluding carboxylic acids is 2. The van der Waals surface area contributed by atoms with Gasteiger partial charge < -0.3 is 20.4 Å². The van der Waals surface area contributed by atoms with Crippen molar-refractivity contribution in [2.24, 2.45) is 0 Å². The van der Waals surface area contributed by atoms with Gasteiger partial charge in [0.2, 0.25) is 11.8 Å². The summed E-state index contributed by atoms with van der Waals surface area (Å²) in [5, 5.41) is 5.63. The minimum atomic E-state index is -0.153. The topological polar surface area (TPSA) is 77.6 Å². The Morgan fingerprint density at radius 1 is 1.03 bits per heavy atom. The van der Waals surface area contributed by atoms with Crippen molar-refractivity contribution in [2.75, 3.05) is 60.3 Å². The Kier molecular flexibility index (Phi) is 7.91. The van der Waals surface area contributed by atoms with Crippen LogP contribution in [0, 0.1) is 0 Å². The van der Waals surface area contributed by atoms with Gasteiger partial charge in [-0.15, -0.1) is 11.8 Å². The van der Waals surface area contributed by atoms with Gasteiger partial charge in [0.25, 0.3) is 0 Å². The van der Waals surface area contributed by atoms with Crippen LogP contribution in [0.15, 0.2) is 47.1 Å². The van der Waals surface area contributed by atoms with E-state index in [0.717, 1.165) is 42.2 Å². The number of halogens is 1. The van der Waals surface area contributed by atoms with Crippen LogP contribution in [0.25, 0.3) is 0 Å². The molecule has 0 aliphatic carbocycles. The fourth-order valence-corrected chi connectivity index (χ4v) is 3.90. The Hall–Kier alpha value is -2.10. The Morgan fingerprint density at radius 3 is 2.34 bits per heavy atom. The average molecular weight is 478 g/mol. The van der Waals surface area contributed by atoms with Crippen LogP contribution in [0.4, 0.5) is 17.2 Å². The number of aromatic nitrogens is 1. The lowest BCUT2D eigenvalue weighted by atomic mass is 10.3. The predicted molar refractivity (Wildman–Crippen MR) is 123 cm³/mol. The minimum Gasteiger partial charge on any atom is -0.354 e. The molecule has 2 amide bonds. The van der Waals surface area contributed by atoms with Crippen LogP contribution in [0.5, 0.6) is 0 Å². The molecule has 1 fully saturated rings. The number of amides is 2. The van der Waals surface area contributed by atoms with Gasteiger partial charge >= 0.3 is 0 Å². The van der Waals surface area contributed by atoms with E-state index in [-0.39, 0.29) is 23.3 Å².